The first-order valence-electron chi connectivity index (χ1n) is 9.51. The standard InChI is InChI=1S/C24H24N2O3/c1-3-26(19-9-5-4-6-10-19)24(28)21-11-7-8-12-22(21)25-23(27)17-18-13-15-20(29-2)16-14-18/h4-16H,3,17H2,1-2H3,(H,25,27). The highest BCUT2D eigenvalue weighted by Crippen LogP contribution is 2.22. The van der Waals surface area contributed by atoms with Gasteiger partial charge in [-0.25, -0.2) is 0 Å². The second kappa shape index (κ2) is 9.55. The fraction of sp³-hybridized carbons (Fsp3) is 0.167. The van der Waals surface area contributed by atoms with Crippen LogP contribution in [0.4, 0.5) is 11.4 Å². The predicted octanol–water partition coefficient (Wildman–Crippen LogP) is 4.54. The topological polar surface area (TPSA) is 58.6 Å². The first-order chi connectivity index (χ1) is 14.1. The lowest BCUT2D eigenvalue weighted by atomic mass is 10.1. The molecule has 0 radical (unpaired) electrons. The number of nitrogens with one attached hydrogen (secondary N) is 1. The van der Waals surface area contributed by atoms with Crippen LogP contribution in [0.25, 0.3) is 0 Å². The third-order valence-corrected chi connectivity index (χ3v) is 4.58. The van der Waals surface area contributed by atoms with Gasteiger partial charge in [0.25, 0.3) is 5.91 Å². The summed E-state index contributed by atoms with van der Waals surface area (Å²) in [5, 5.41) is 2.88. The maximum atomic E-state index is 13.2. The van der Waals surface area contributed by atoms with Gasteiger partial charge in [-0.1, -0.05) is 42.5 Å². The molecule has 0 aromatic heterocycles. The molecule has 0 aliphatic rings. The number of methoxy groups -OCH3 is 1. The molecule has 2 amide bonds. The highest BCUT2D eigenvalue weighted by atomic mass is 16.5. The third-order valence-electron chi connectivity index (χ3n) is 4.58. The van der Waals surface area contributed by atoms with Gasteiger partial charge >= 0.3 is 0 Å². The number of amides is 2. The maximum absolute atomic E-state index is 13.2. The number of ether oxygens (including phenoxy) is 1. The van der Waals surface area contributed by atoms with E-state index in [0.717, 1.165) is 17.0 Å². The van der Waals surface area contributed by atoms with Crippen molar-refractivity contribution < 1.29 is 14.3 Å². The number of hydrogen-bond donors (Lipinski definition) is 1. The van der Waals surface area contributed by atoms with Gasteiger partial charge in [-0.15, -0.1) is 0 Å². The molecule has 3 aromatic rings. The molecule has 3 aromatic carbocycles. The van der Waals surface area contributed by atoms with E-state index in [-0.39, 0.29) is 18.2 Å². The Hall–Kier alpha value is -3.60. The summed E-state index contributed by atoms with van der Waals surface area (Å²) in [6.45, 7) is 2.45. The zero-order valence-electron chi connectivity index (χ0n) is 16.6. The van der Waals surface area contributed by atoms with Gasteiger partial charge < -0.3 is 15.0 Å². The number of para-hydroxylation sites is 2. The normalized spacial score (nSPS) is 10.3. The zero-order valence-corrected chi connectivity index (χ0v) is 16.6. The van der Waals surface area contributed by atoms with Crippen molar-refractivity contribution >= 4 is 23.2 Å². The SMILES string of the molecule is CCN(C(=O)c1ccccc1NC(=O)Cc1ccc(OC)cc1)c1ccccc1. The van der Waals surface area contributed by atoms with E-state index in [1.54, 1.807) is 36.3 Å². The van der Waals surface area contributed by atoms with Crippen LogP contribution in [0.2, 0.25) is 0 Å². The number of hydrogen-bond acceptors (Lipinski definition) is 3. The van der Waals surface area contributed by atoms with Crippen molar-refractivity contribution in [1.29, 1.82) is 0 Å². The summed E-state index contributed by atoms with van der Waals surface area (Å²) in [5.74, 6) is 0.405. The highest BCUT2D eigenvalue weighted by Gasteiger charge is 2.20. The minimum atomic E-state index is -0.182. The summed E-state index contributed by atoms with van der Waals surface area (Å²) in [6.07, 6.45) is 0.211. The molecule has 1 N–H and O–H groups in total. The number of rotatable bonds is 7. The second-order valence-corrected chi connectivity index (χ2v) is 6.50. The molecule has 5 heteroatoms. The Morgan fingerprint density at radius 3 is 2.21 bits per heavy atom. The van der Waals surface area contributed by atoms with Crippen molar-refractivity contribution in [2.75, 3.05) is 23.9 Å². The summed E-state index contributed by atoms with van der Waals surface area (Å²) in [5.41, 5.74) is 2.65. The van der Waals surface area contributed by atoms with Gasteiger partial charge in [-0.3, -0.25) is 9.59 Å². The van der Waals surface area contributed by atoms with Crippen LogP contribution < -0.4 is 15.0 Å². The van der Waals surface area contributed by atoms with Crippen LogP contribution in [0.15, 0.2) is 78.9 Å². The number of anilines is 2. The Balaban J connectivity index is 1.77. The molecule has 0 fully saturated rings. The fourth-order valence-corrected chi connectivity index (χ4v) is 3.10. The summed E-state index contributed by atoms with van der Waals surface area (Å²) in [7, 11) is 1.60. The Bertz CT molecular complexity index is 969. The molecule has 0 unspecified atom stereocenters. The Morgan fingerprint density at radius 1 is 0.897 bits per heavy atom. The van der Waals surface area contributed by atoms with Crippen LogP contribution in [-0.2, 0) is 11.2 Å². The predicted molar refractivity (Wildman–Crippen MR) is 116 cm³/mol. The van der Waals surface area contributed by atoms with Crippen LogP contribution in [0, 0.1) is 0 Å². The Labute approximate surface area is 170 Å². The molecular formula is C24H24N2O3. The van der Waals surface area contributed by atoms with Crippen LogP contribution in [0.5, 0.6) is 5.75 Å². The minimum Gasteiger partial charge on any atom is -0.497 e. The summed E-state index contributed by atoms with van der Waals surface area (Å²) >= 11 is 0. The van der Waals surface area contributed by atoms with Gasteiger partial charge in [0, 0.05) is 12.2 Å². The summed E-state index contributed by atoms with van der Waals surface area (Å²) in [4.78, 5) is 27.4. The van der Waals surface area contributed by atoms with Gasteiger partial charge in [-0.2, -0.15) is 0 Å². The largest absolute Gasteiger partial charge is 0.497 e. The lowest BCUT2D eigenvalue weighted by Crippen LogP contribution is -2.31. The van der Waals surface area contributed by atoms with Gasteiger partial charge in [-0.05, 0) is 48.9 Å². The van der Waals surface area contributed by atoms with E-state index >= 15 is 0 Å². The lowest BCUT2D eigenvalue weighted by molar-refractivity contribution is -0.115. The minimum absolute atomic E-state index is 0.154. The number of carbonyl (C=O) groups excluding carboxylic acids is 2. The number of benzene rings is 3. The molecule has 0 heterocycles. The third kappa shape index (κ3) is 5.02. The maximum Gasteiger partial charge on any atom is 0.260 e. The van der Waals surface area contributed by atoms with Crippen LogP contribution >= 0.6 is 0 Å². The second-order valence-electron chi connectivity index (χ2n) is 6.50. The van der Waals surface area contributed by atoms with Crippen molar-refractivity contribution in [3.05, 3.63) is 90.0 Å². The molecule has 148 valence electrons. The monoisotopic (exact) mass is 388 g/mol. The van der Waals surface area contributed by atoms with E-state index in [2.05, 4.69) is 5.32 Å². The van der Waals surface area contributed by atoms with E-state index in [9.17, 15) is 9.59 Å². The van der Waals surface area contributed by atoms with Crippen molar-refractivity contribution in [1.82, 2.24) is 0 Å². The van der Waals surface area contributed by atoms with Gasteiger partial charge in [0.1, 0.15) is 5.75 Å². The van der Waals surface area contributed by atoms with Gasteiger partial charge in [0.15, 0.2) is 0 Å². The molecule has 0 aliphatic heterocycles. The first kappa shape index (κ1) is 20.1. The molecule has 0 saturated carbocycles. The van der Waals surface area contributed by atoms with Crippen molar-refractivity contribution in [2.24, 2.45) is 0 Å². The van der Waals surface area contributed by atoms with Crippen molar-refractivity contribution in [3.8, 4) is 5.75 Å². The molecule has 5 nitrogen and oxygen atoms in total. The molecule has 0 bridgehead atoms. The summed E-state index contributed by atoms with van der Waals surface area (Å²) in [6, 6.07) is 23.9. The summed E-state index contributed by atoms with van der Waals surface area (Å²) < 4.78 is 5.14. The number of carbonyl (C=O) groups is 2. The van der Waals surface area contributed by atoms with Crippen LogP contribution in [0.1, 0.15) is 22.8 Å². The van der Waals surface area contributed by atoms with E-state index in [0.29, 0.717) is 17.8 Å². The Morgan fingerprint density at radius 2 is 1.55 bits per heavy atom. The zero-order chi connectivity index (χ0) is 20.6. The smallest absolute Gasteiger partial charge is 0.260 e. The van der Waals surface area contributed by atoms with Gasteiger partial charge in [0.05, 0.1) is 24.8 Å². The van der Waals surface area contributed by atoms with E-state index in [4.69, 9.17) is 4.74 Å². The fourth-order valence-electron chi connectivity index (χ4n) is 3.10. The molecular weight excluding hydrogens is 364 g/mol. The molecule has 0 spiro atoms. The molecule has 0 saturated heterocycles. The van der Waals surface area contributed by atoms with Crippen LogP contribution in [-0.4, -0.2) is 25.5 Å². The first-order valence-corrected chi connectivity index (χ1v) is 9.51. The van der Waals surface area contributed by atoms with E-state index in [1.165, 1.54) is 0 Å². The van der Waals surface area contributed by atoms with E-state index in [1.807, 2.05) is 61.5 Å². The highest BCUT2D eigenvalue weighted by molar-refractivity contribution is 6.11. The Kier molecular flexibility index (Phi) is 6.63. The average molecular weight is 388 g/mol. The van der Waals surface area contributed by atoms with Crippen molar-refractivity contribution in [3.63, 3.8) is 0 Å². The van der Waals surface area contributed by atoms with Crippen LogP contribution in [0.3, 0.4) is 0 Å². The van der Waals surface area contributed by atoms with E-state index < -0.39 is 0 Å². The number of nitrogens with zero attached hydrogens (tertiary/aromatic N) is 1. The quantitative estimate of drug-likeness (QED) is 0.646. The average Bonchev–Trinajstić information content (AvgIpc) is 2.76. The lowest BCUT2D eigenvalue weighted by Gasteiger charge is -2.22. The van der Waals surface area contributed by atoms with Gasteiger partial charge in [0.2, 0.25) is 5.91 Å². The molecule has 3 rings (SSSR count). The molecule has 0 atom stereocenters. The molecule has 29 heavy (non-hydrogen) atoms. The van der Waals surface area contributed by atoms with Crippen molar-refractivity contribution in [2.45, 2.75) is 13.3 Å². The molecule has 0 aliphatic carbocycles.